The SMILES string of the molecule is CC(C12CC3CC(CC(C3)C1)C2)S(=O)(=O)CC#N. The minimum atomic E-state index is -3.23. The number of rotatable bonds is 3. The lowest BCUT2D eigenvalue weighted by Crippen LogP contribution is -2.53. The molecule has 0 aromatic rings. The third-order valence-electron chi connectivity index (χ3n) is 5.75. The first kappa shape index (κ1) is 12.5. The number of nitrogens with zero attached hydrogens (tertiary/aromatic N) is 1. The molecule has 4 saturated carbocycles. The fraction of sp³-hybridized carbons (Fsp3) is 0.929. The van der Waals surface area contributed by atoms with E-state index in [1.165, 1.54) is 19.3 Å². The first-order chi connectivity index (χ1) is 8.45. The van der Waals surface area contributed by atoms with Crippen molar-refractivity contribution < 1.29 is 8.42 Å². The molecule has 3 nitrogen and oxygen atoms in total. The van der Waals surface area contributed by atoms with Crippen molar-refractivity contribution in [1.29, 1.82) is 5.26 Å². The fourth-order valence-corrected chi connectivity index (χ4v) is 6.75. The van der Waals surface area contributed by atoms with Gasteiger partial charge in [-0.1, -0.05) is 0 Å². The van der Waals surface area contributed by atoms with Crippen molar-refractivity contribution in [1.82, 2.24) is 0 Å². The molecule has 1 atom stereocenters. The van der Waals surface area contributed by atoms with Gasteiger partial charge in [0.15, 0.2) is 9.84 Å². The molecule has 0 heterocycles. The molecule has 4 rings (SSSR count). The summed E-state index contributed by atoms with van der Waals surface area (Å²) in [5.41, 5.74) is 0.00440. The molecule has 0 aromatic carbocycles. The summed E-state index contributed by atoms with van der Waals surface area (Å²) < 4.78 is 24.4. The Labute approximate surface area is 109 Å². The number of nitriles is 1. The highest BCUT2D eigenvalue weighted by Crippen LogP contribution is 2.62. The van der Waals surface area contributed by atoms with Crippen molar-refractivity contribution >= 4 is 9.84 Å². The first-order valence-corrected chi connectivity index (χ1v) is 8.75. The minimum Gasteiger partial charge on any atom is -0.227 e. The largest absolute Gasteiger partial charge is 0.227 e. The second-order valence-electron chi connectivity index (χ2n) is 6.89. The highest BCUT2D eigenvalue weighted by Gasteiger charge is 2.55. The predicted octanol–water partition coefficient (Wildman–Crippen LogP) is 2.53. The van der Waals surface area contributed by atoms with Gasteiger partial charge in [-0.3, -0.25) is 0 Å². The van der Waals surface area contributed by atoms with Crippen LogP contribution in [-0.4, -0.2) is 19.4 Å². The Kier molecular flexibility index (Phi) is 2.75. The lowest BCUT2D eigenvalue weighted by atomic mass is 9.49. The van der Waals surface area contributed by atoms with Gasteiger partial charge in [0, 0.05) is 0 Å². The van der Waals surface area contributed by atoms with E-state index >= 15 is 0 Å². The van der Waals surface area contributed by atoms with E-state index in [0.717, 1.165) is 37.0 Å². The maximum atomic E-state index is 12.2. The van der Waals surface area contributed by atoms with Crippen molar-refractivity contribution in [3.8, 4) is 6.07 Å². The van der Waals surface area contributed by atoms with E-state index in [-0.39, 0.29) is 16.4 Å². The molecule has 0 amide bonds. The van der Waals surface area contributed by atoms with Gasteiger partial charge in [-0.15, -0.1) is 0 Å². The van der Waals surface area contributed by atoms with Crippen molar-refractivity contribution in [3.63, 3.8) is 0 Å². The summed E-state index contributed by atoms with van der Waals surface area (Å²) >= 11 is 0. The molecule has 4 aliphatic carbocycles. The molecule has 0 aliphatic heterocycles. The second-order valence-corrected chi connectivity index (χ2v) is 9.21. The first-order valence-electron chi connectivity index (χ1n) is 7.04. The topological polar surface area (TPSA) is 57.9 Å². The lowest BCUT2D eigenvalue weighted by Gasteiger charge is -2.58. The maximum Gasteiger partial charge on any atom is 0.166 e. The standard InChI is InChI=1S/C14H21NO2S/c1-10(18(16,17)3-2-15)14-7-11-4-12(8-14)6-13(5-11)9-14/h10-13H,3-9H2,1H3. The quantitative estimate of drug-likeness (QED) is 0.789. The van der Waals surface area contributed by atoms with Crippen LogP contribution in [0.2, 0.25) is 0 Å². The molecule has 100 valence electrons. The summed E-state index contributed by atoms with van der Waals surface area (Å²) in [6.07, 6.45) is 7.24. The Hall–Kier alpha value is -0.560. The summed E-state index contributed by atoms with van der Waals surface area (Å²) in [6, 6.07) is 1.83. The van der Waals surface area contributed by atoms with E-state index in [1.54, 1.807) is 0 Å². The van der Waals surface area contributed by atoms with Crippen molar-refractivity contribution in [3.05, 3.63) is 0 Å². The lowest BCUT2D eigenvalue weighted by molar-refractivity contribution is -0.0522. The van der Waals surface area contributed by atoms with Crippen LogP contribution in [0, 0.1) is 34.5 Å². The van der Waals surface area contributed by atoms with Gasteiger partial charge in [-0.2, -0.15) is 5.26 Å². The Balaban J connectivity index is 1.90. The van der Waals surface area contributed by atoms with Gasteiger partial charge in [0.25, 0.3) is 0 Å². The monoisotopic (exact) mass is 267 g/mol. The van der Waals surface area contributed by atoms with Crippen molar-refractivity contribution in [2.24, 2.45) is 23.2 Å². The average Bonchev–Trinajstić information content (AvgIpc) is 2.26. The van der Waals surface area contributed by atoms with Crippen LogP contribution in [0.25, 0.3) is 0 Å². The van der Waals surface area contributed by atoms with Gasteiger partial charge in [0.2, 0.25) is 0 Å². The van der Waals surface area contributed by atoms with Gasteiger partial charge < -0.3 is 0 Å². The molecule has 4 aliphatic rings. The molecule has 4 fully saturated rings. The Bertz CT molecular complexity index is 453. The summed E-state index contributed by atoms with van der Waals surface area (Å²) in [4.78, 5) is 0. The second kappa shape index (κ2) is 3.96. The van der Waals surface area contributed by atoms with E-state index < -0.39 is 9.84 Å². The molecule has 18 heavy (non-hydrogen) atoms. The van der Waals surface area contributed by atoms with Crippen LogP contribution in [-0.2, 0) is 9.84 Å². The summed E-state index contributed by atoms with van der Waals surface area (Å²) in [5, 5.41) is 8.38. The summed E-state index contributed by atoms with van der Waals surface area (Å²) in [7, 11) is -3.23. The number of sulfone groups is 1. The van der Waals surface area contributed by atoms with Crippen LogP contribution in [0.5, 0.6) is 0 Å². The normalized spacial score (nSPS) is 43.7. The highest BCUT2D eigenvalue weighted by molar-refractivity contribution is 7.92. The van der Waals surface area contributed by atoms with Crippen LogP contribution in [0.15, 0.2) is 0 Å². The van der Waals surface area contributed by atoms with Crippen LogP contribution < -0.4 is 0 Å². The molecule has 1 unspecified atom stereocenters. The zero-order valence-corrected chi connectivity index (χ0v) is 11.7. The molecule has 4 bridgehead atoms. The molecule has 0 aromatic heterocycles. The maximum absolute atomic E-state index is 12.2. The Morgan fingerprint density at radius 3 is 2.00 bits per heavy atom. The molecule has 0 spiro atoms. The number of hydrogen-bond acceptors (Lipinski definition) is 3. The molecule has 0 N–H and O–H groups in total. The van der Waals surface area contributed by atoms with E-state index in [1.807, 2.05) is 13.0 Å². The van der Waals surface area contributed by atoms with Gasteiger partial charge >= 0.3 is 0 Å². The Morgan fingerprint density at radius 2 is 1.61 bits per heavy atom. The van der Waals surface area contributed by atoms with Gasteiger partial charge in [0.05, 0.1) is 11.3 Å². The van der Waals surface area contributed by atoms with Gasteiger partial charge in [0.1, 0.15) is 5.75 Å². The summed E-state index contributed by atoms with van der Waals surface area (Å²) in [6.45, 7) is 1.86. The third-order valence-corrected chi connectivity index (χ3v) is 7.86. The highest BCUT2D eigenvalue weighted by atomic mass is 32.2. The van der Waals surface area contributed by atoms with Crippen molar-refractivity contribution in [2.75, 3.05) is 5.75 Å². The van der Waals surface area contributed by atoms with Gasteiger partial charge in [-0.05, 0) is 68.6 Å². The van der Waals surface area contributed by atoms with E-state index in [4.69, 9.17) is 5.26 Å². The fourth-order valence-electron chi connectivity index (χ4n) is 5.27. The molecule has 0 saturated heterocycles. The van der Waals surface area contributed by atoms with E-state index in [0.29, 0.717) is 0 Å². The minimum absolute atomic E-state index is 0.00440. The molecule has 4 heteroatoms. The van der Waals surface area contributed by atoms with E-state index in [2.05, 4.69) is 0 Å². The van der Waals surface area contributed by atoms with Crippen LogP contribution in [0.1, 0.15) is 45.4 Å². The van der Waals surface area contributed by atoms with Crippen LogP contribution in [0.3, 0.4) is 0 Å². The molecular weight excluding hydrogens is 246 g/mol. The zero-order chi connectivity index (χ0) is 13.0. The molecule has 0 radical (unpaired) electrons. The predicted molar refractivity (Wildman–Crippen MR) is 69.5 cm³/mol. The van der Waals surface area contributed by atoms with Crippen LogP contribution >= 0.6 is 0 Å². The summed E-state index contributed by atoms with van der Waals surface area (Å²) in [5.74, 6) is 1.97. The smallest absolute Gasteiger partial charge is 0.166 e. The molecular formula is C14H21NO2S. The van der Waals surface area contributed by atoms with Crippen LogP contribution in [0.4, 0.5) is 0 Å². The average molecular weight is 267 g/mol. The van der Waals surface area contributed by atoms with Crippen molar-refractivity contribution in [2.45, 2.75) is 50.7 Å². The van der Waals surface area contributed by atoms with E-state index in [9.17, 15) is 8.42 Å². The van der Waals surface area contributed by atoms with Gasteiger partial charge in [-0.25, -0.2) is 8.42 Å². The number of hydrogen-bond donors (Lipinski definition) is 0. The third kappa shape index (κ3) is 1.79. The Morgan fingerprint density at radius 1 is 1.17 bits per heavy atom. The zero-order valence-electron chi connectivity index (χ0n) is 10.9.